The number of Topliss-reactive ketones (excluding diaryl/α,β-unsaturated/α-hetero) is 2. The normalized spacial score (nSPS) is 31.6. The summed E-state index contributed by atoms with van der Waals surface area (Å²) in [7, 11) is 1.42. The molecule has 0 aromatic heterocycles. The number of hydrogen-bond acceptors (Lipinski definition) is 6. The monoisotopic (exact) mass is 559 g/mol. The van der Waals surface area contributed by atoms with Crippen molar-refractivity contribution in [1.29, 1.82) is 0 Å². The Morgan fingerprint density at radius 3 is 2.38 bits per heavy atom. The number of allylic oxidation sites excluding steroid dienone is 4. The standard InChI is InChI=1S/C32H30ClNO6/c1-15-16(2)29(37)32(3)22(27(15)35)14-21-19(26(32)17-12-23(33)28(36)24(13-17)40-4)10-11-20-25(21)31(39)34(30(20)38)18-8-6-5-7-9-18/h5-10,12-13,20-22,25-26,36H,11,14H2,1-4H3/t20-,21+,22-,25-,26-,32+/m0/s1. The largest absolute Gasteiger partial charge is 0.503 e. The zero-order chi connectivity index (χ0) is 28.7. The SMILES string of the molecule is COc1cc([C@H]2C3=CC[C@@H]4C(=O)N(c5ccccc5)C(=O)[C@@H]4[C@@H]3C[C@H]3C(=O)C(C)=C(C)C(=O)[C@@]23C)cc(Cl)c1O. The van der Waals surface area contributed by atoms with Crippen LogP contribution in [0.25, 0.3) is 0 Å². The van der Waals surface area contributed by atoms with Gasteiger partial charge < -0.3 is 9.84 Å². The van der Waals surface area contributed by atoms with Crippen LogP contribution in [0.2, 0.25) is 5.02 Å². The van der Waals surface area contributed by atoms with E-state index in [2.05, 4.69) is 0 Å². The number of anilines is 1. The third-order valence-corrected chi connectivity index (χ3v) is 10.1. The van der Waals surface area contributed by atoms with E-state index in [1.165, 1.54) is 12.0 Å². The van der Waals surface area contributed by atoms with Crippen LogP contribution in [0.5, 0.6) is 11.5 Å². The number of rotatable bonds is 3. The molecule has 7 nitrogen and oxygen atoms in total. The number of amides is 2. The summed E-state index contributed by atoms with van der Waals surface area (Å²) < 4.78 is 5.39. The molecule has 3 aliphatic carbocycles. The highest BCUT2D eigenvalue weighted by Crippen LogP contribution is 2.63. The summed E-state index contributed by atoms with van der Waals surface area (Å²) in [6.45, 7) is 5.20. The average molecular weight is 560 g/mol. The van der Waals surface area contributed by atoms with Crippen LogP contribution in [0.1, 0.15) is 45.1 Å². The van der Waals surface area contributed by atoms with Gasteiger partial charge in [-0.1, -0.05) is 48.4 Å². The Morgan fingerprint density at radius 2 is 1.70 bits per heavy atom. The molecule has 0 bridgehead atoms. The Hall–Kier alpha value is -3.71. The number of ketones is 2. The number of carbonyl (C=O) groups is 4. The number of phenols is 1. The lowest BCUT2D eigenvalue weighted by molar-refractivity contribution is -0.142. The predicted octanol–water partition coefficient (Wildman–Crippen LogP) is 5.40. The Morgan fingerprint density at radius 1 is 1.00 bits per heavy atom. The van der Waals surface area contributed by atoms with Crippen molar-refractivity contribution in [2.24, 2.45) is 29.1 Å². The highest BCUT2D eigenvalue weighted by atomic mass is 35.5. The second-order valence-electron chi connectivity index (χ2n) is 11.5. The third kappa shape index (κ3) is 3.43. The molecule has 1 saturated heterocycles. The van der Waals surface area contributed by atoms with Crippen LogP contribution in [0, 0.1) is 29.1 Å². The number of phenolic OH excluding ortho intramolecular Hbond substituents is 1. The van der Waals surface area contributed by atoms with E-state index in [0.29, 0.717) is 35.2 Å². The van der Waals surface area contributed by atoms with Crippen molar-refractivity contribution in [2.75, 3.05) is 12.0 Å². The molecule has 40 heavy (non-hydrogen) atoms. The number of imide groups is 1. The first-order chi connectivity index (χ1) is 19.0. The lowest BCUT2D eigenvalue weighted by atomic mass is 9.46. The van der Waals surface area contributed by atoms with Crippen molar-refractivity contribution in [3.63, 3.8) is 0 Å². The van der Waals surface area contributed by atoms with Crippen molar-refractivity contribution in [1.82, 2.24) is 0 Å². The molecule has 2 amide bonds. The number of carbonyl (C=O) groups excluding carboxylic acids is 4. The third-order valence-electron chi connectivity index (χ3n) is 9.79. The van der Waals surface area contributed by atoms with E-state index in [9.17, 15) is 24.3 Å². The van der Waals surface area contributed by atoms with Crippen LogP contribution in [0.15, 0.2) is 65.3 Å². The van der Waals surface area contributed by atoms with Gasteiger partial charge in [-0.3, -0.25) is 24.1 Å². The first kappa shape index (κ1) is 26.5. The van der Waals surface area contributed by atoms with Crippen LogP contribution in [0.4, 0.5) is 5.69 Å². The van der Waals surface area contributed by atoms with Crippen LogP contribution in [-0.2, 0) is 19.2 Å². The van der Waals surface area contributed by atoms with Crippen LogP contribution < -0.4 is 9.64 Å². The summed E-state index contributed by atoms with van der Waals surface area (Å²) >= 11 is 6.43. The fourth-order valence-corrected chi connectivity index (χ4v) is 7.93. The molecule has 0 radical (unpaired) electrons. The van der Waals surface area contributed by atoms with Gasteiger partial charge in [-0.15, -0.1) is 0 Å². The number of nitrogens with zero attached hydrogens (tertiary/aromatic N) is 1. The number of para-hydroxylation sites is 1. The number of benzene rings is 2. The quantitative estimate of drug-likeness (QED) is 0.399. The van der Waals surface area contributed by atoms with Gasteiger partial charge >= 0.3 is 0 Å². The van der Waals surface area contributed by atoms with E-state index >= 15 is 0 Å². The number of hydrogen-bond donors (Lipinski definition) is 1. The molecule has 6 atom stereocenters. The maximum absolute atomic E-state index is 14.1. The van der Waals surface area contributed by atoms with Gasteiger partial charge in [0.25, 0.3) is 0 Å². The molecule has 1 N–H and O–H groups in total. The highest BCUT2D eigenvalue weighted by Gasteiger charge is 2.64. The van der Waals surface area contributed by atoms with E-state index in [1.54, 1.807) is 50.2 Å². The lowest BCUT2D eigenvalue weighted by Gasteiger charge is -2.54. The second kappa shape index (κ2) is 9.16. The van der Waals surface area contributed by atoms with Gasteiger partial charge in [-0.2, -0.15) is 0 Å². The molecule has 206 valence electrons. The van der Waals surface area contributed by atoms with Crippen molar-refractivity contribution in [3.8, 4) is 11.5 Å². The minimum Gasteiger partial charge on any atom is -0.503 e. The summed E-state index contributed by atoms with van der Waals surface area (Å²) in [4.78, 5) is 56.8. The molecule has 6 rings (SSSR count). The minimum atomic E-state index is -1.15. The Bertz CT molecular complexity index is 1560. The first-order valence-electron chi connectivity index (χ1n) is 13.5. The van der Waals surface area contributed by atoms with E-state index in [4.69, 9.17) is 16.3 Å². The Balaban J connectivity index is 1.55. The summed E-state index contributed by atoms with van der Waals surface area (Å²) in [5.41, 5.74) is 1.72. The molecular formula is C32H30ClNO6. The smallest absolute Gasteiger partial charge is 0.238 e. The molecule has 2 aromatic carbocycles. The fourth-order valence-electron chi connectivity index (χ4n) is 7.71. The van der Waals surface area contributed by atoms with Gasteiger partial charge in [-0.05, 0) is 73.6 Å². The lowest BCUT2D eigenvalue weighted by Crippen LogP contribution is -2.55. The van der Waals surface area contributed by atoms with Crippen molar-refractivity contribution in [3.05, 3.63) is 75.8 Å². The molecule has 0 unspecified atom stereocenters. The molecule has 1 saturated carbocycles. The molecule has 2 aromatic rings. The molecule has 4 aliphatic rings. The van der Waals surface area contributed by atoms with Gasteiger partial charge in [0.05, 0.1) is 35.1 Å². The number of ether oxygens (including phenoxy) is 1. The number of aromatic hydroxyl groups is 1. The summed E-state index contributed by atoms with van der Waals surface area (Å²) in [6.07, 6.45) is 2.63. The molecule has 2 fully saturated rings. The van der Waals surface area contributed by atoms with Crippen molar-refractivity contribution >= 4 is 40.7 Å². The van der Waals surface area contributed by atoms with Gasteiger partial charge in [0.15, 0.2) is 23.1 Å². The highest BCUT2D eigenvalue weighted by molar-refractivity contribution is 6.32. The molecule has 1 heterocycles. The van der Waals surface area contributed by atoms with Crippen LogP contribution in [-0.4, -0.2) is 35.6 Å². The van der Waals surface area contributed by atoms with Gasteiger partial charge in [-0.25, -0.2) is 0 Å². The first-order valence-corrected chi connectivity index (χ1v) is 13.9. The average Bonchev–Trinajstić information content (AvgIpc) is 3.21. The zero-order valence-corrected chi connectivity index (χ0v) is 23.5. The maximum Gasteiger partial charge on any atom is 0.238 e. The predicted molar refractivity (Wildman–Crippen MR) is 149 cm³/mol. The Kier molecular flexibility index (Phi) is 6.07. The van der Waals surface area contributed by atoms with Crippen LogP contribution in [0.3, 0.4) is 0 Å². The summed E-state index contributed by atoms with van der Waals surface area (Å²) in [5, 5.41) is 10.5. The molecule has 8 heteroatoms. The Labute approximate surface area is 237 Å². The molecular weight excluding hydrogens is 530 g/mol. The minimum absolute atomic E-state index is 0.0614. The van der Waals surface area contributed by atoms with Crippen LogP contribution >= 0.6 is 11.6 Å². The second-order valence-corrected chi connectivity index (χ2v) is 11.9. The van der Waals surface area contributed by atoms with Crippen molar-refractivity contribution < 1.29 is 29.0 Å². The molecule has 1 aliphatic heterocycles. The number of methoxy groups -OCH3 is 1. The van der Waals surface area contributed by atoms with E-state index < -0.39 is 35.0 Å². The topological polar surface area (TPSA) is 101 Å². The maximum atomic E-state index is 14.1. The molecule has 0 spiro atoms. The van der Waals surface area contributed by atoms with Gasteiger partial charge in [0, 0.05) is 11.8 Å². The summed E-state index contributed by atoms with van der Waals surface area (Å²) in [5.74, 6) is -3.74. The van der Waals surface area contributed by atoms with E-state index in [-0.39, 0.29) is 39.9 Å². The van der Waals surface area contributed by atoms with Gasteiger partial charge in [0.2, 0.25) is 11.8 Å². The fraction of sp³-hybridized carbons (Fsp3) is 0.375. The van der Waals surface area contributed by atoms with Crippen molar-refractivity contribution in [2.45, 2.75) is 39.5 Å². The number of halogens is 1. The van der Waals surface area contributed by atoms with E-state index in [1.807, 2.05) is 19.1 Å². The number of fused-ring (bicyclic) bond motifs is 4. The van der Waals surface area contributed by atoms with E-state index in [0.717, 1.165) is 5.57 Å². The van der Waals surface area contributed by atoms with Gasteiger partial charge in [0.1, 0.15) is 0 Å². The summed E-state index contributed by atoms with van der Waals surface area (Å²) in [6, 6.07) is 12.1. The zero-order valence-electron chi connectivity index (χ0n) is 22.7.